The molecule has 46 heavy (non-hydrogen) atoms. The van der Waals surface area contributed by atoms with Gasteiger partial charge in [0.05, 0.1) is 52.9 Å². The van der Waals surface area contributed by atoms with Crippen LogP contribution in [-0.2, 0) is 42.9 Å². The van der Waals surface area contributed by atoms with Crippen molar-refractivity contribution in [2.75, 3.05) is 59.4 Å². The summed E-state index contributed by atoms with van der Waals surface area (Å²) in [6, 6.07) is -1.10. The van der Waals surface area contributed by atoms with E-state index >= 15 is 0 Å². The van der Waals surface area contributed by atoms with E-state index in [1.807, 2.05) is 0 Å². The normalized spacial score (nSPS) is 11.7. The van der Waals surface area contributed by atoms with Crippen molar-refractivity contribution in [1.82, 2.24) is 10.6 Å². The van der Waals surface area contributed by atoms with Crippen LogP contribution in [0.3, 0.4) is 0 Å². The first-order valence-electron chi connectivity index (χ1n) is 17.0. The molecule has 0 bridgehead atoms. The molecule has 1 atom stereocenters. The van der Waals surface area contributed by atoms with E-state index in [9.17, 15) is 29.1 Å². The van der Waals surface area contributed by atoms with E-state index in [1.54, 1.807) is 0 Å². The van der Waals surface area contributed by atoms with Crippen LogP contribution in [0.25, 0.3) is 0 Å². The quantitative estimate of drug-likeness (QED) is 0.0719. The number of hydrogen-bond donors (Lipinski definition) is 4. The molecule has 0 rings (SSSR count). The first kappa shape index (κ1) is 43.4. The topological polar surface area (TPSA) is 187 Å². The predicted molar refractivity (Wildman–Crippen MR) is 173 cm³/mol. The summed E-state index contributed by atoms with van der Waals surface area (Å²) in [6.07, 6.45) is 13.4. The number of carbonyl (C=O) groups is 5. The Labute approximate surface area is 274 Å². The first-order valence-corrected chi connectivity index (χ1v) is 17.0. The zero-order valence-corrected chi connectivity index (χ0v) is 28.0. The highest BCUT2D eigenvalue weighted by Crippen LogP contribution is 2.13. The average molecular weight is 661 g/mol. The Balaban J connectivity index is 3.63. The van der Waals surface area contributed by atoms with E-state index in [2.05, 4.69) is 10.6 Å². The van der Waals surface area contributed by atoms with E-state index < -0.39 is 18.0 Å². The van der Waals surface area contributed by atoms with Crippen LogP contribution in [0.1, 0.15) is 116 Å². The third-order valence-corrected chi connectivity index (χ3v) is 7.12. The van der Waals surface area contributed by atoms with Crippen molar-refractivity contribution in [1.29, 1.82) is 0 Å². The molecule has 13 nitrogen and oxygen atoms in total. The zero-order chi connectivity index (χ0) is 34.1. The van der Waals surface area contributed by atoms with Crippen LogP contribution in [-0.4, -0.2) is 105 Å². The molecular weight excluding hydrogens is 600 g/mol. The van der Waals surface area contributed by atoms with Crippen LogP contribution in [0.15, 0.2) is 0 Å². The van der Waals surface area contributed by atoms with Crippen molar-refractivity contribution < 1.29 is 53.1 Å². The van der Waals surface area contributed by atoms with Gasteiger partial charge in [-0.25, -0.2) is 4.79 Å². The smallest absolute Gasteiger partial charge is 0.326 e. The van der Waals surface area contributed by atoms with Gasteiger partial charge < -0.3 is 39.8 Å². The largest absolute Gasteiger partial charge is 0.481 e. The molecule has 4 N–H and O–H groups in total. The van der Waals surface area contributed by atoms with Crippen molar-refractivity contribution >= 4 is 29.5 Å². The van der Waals surface area contributed by atoms with Crippen LogP contribution < -0.4 is 10.6 Å². The minimum absolute atomic E-state index is 0.0105. The van der Waals surface area contributed by atoms with Gasteiger partial charge in [0.15, 0.2) is 0 Å². The van der Waals surface area contributed by atoms with E-state index in [4.69, 9.17) is 24.1 Å². The summed E-state index contributed by atoms with van der Waals surface area (Å²) in [5, 5.41) is 23.3. The fourth-order valence-corrected chi connectivity index (χ4v) is 4.46. The van der Waals surface area contributed by atoms with E-state index in [0.29, 0.717) is 65.7 Å². The van der Waals surface area contributed by atoms with Crippen molar-refractivity contribution in [3.8, 4) is 0 Å². The highest BCUT2D eigenvalue weighted by atomic mass is 16.6. The van der Waals surface area contributed by atoms with Gasteiger partial charge in [-0.05, 0) is 26.2 Å². The molecular formula is C33H60N2O11. The molecule has 0 aromatic rings. The number of aliphatic carboxylic acids is 2. The van der Waals surface area contributed by atoms with Gasteiger partial charge in [0, 0.05) is 32.2 Å². The third-order valence-electron chi connectivity index (χ3n) is 7.12. The van der Waals surface area contributed by atoms with Crippen LogP contribution in [0.2, 0.25) is 0 Å². The van der Waals surface area contributed by atoms with E-state index in [1.165, 1.54) is 26.2 Å². The fraction of sp³-hybridized carbons (Fsp3) is 0.848. The predicted octanol–water partition coefficient (Wildman–Crippen LogP) is 4.04. The fourth-order valence-electron chi connectivity index (χ4n) is 4.46. The number of rotatable bonds is 35. The summed E-state index contributed by atoms with van der Waals surface area (Å²) in [6.45, 7) is 4.94. The van der Waals surface area contributed by atoms with Gasteiger partial charge in [-0.2, -0.15) is 0 Å². The summed E-state index contributed by atoms with van der Waals surface area (Å²) >= 11 is 0. The average Bonchev–Trinajstić information content (AvgIpc) is 3.00. The van der Waals surface area contributed by atoms with E-state index in [0.717, 1.165) is 51.4 Å². The number of amides is 2. The van der Waals surface area contributed by atoms with Crippen molar-refractivity contribution in [2.45, 2.75) is 122 Å². The number of carboxylic acid groups (broad SMARTS) is 2. The monoisotopic (exact) mass is 660 g/mol. The summed E-state index contributed by atoms with van der Waals surface area (Å²) in [5.41, 5.74) is 0. The molecule has 0 aliphatic rings. The van der Waals surface area contributed by atoms with Crippen molar-refractivity contribution in [2.24, 2.45) is 0 Å². The Morgan fingerprint density at radius 2 is 0.957 bits per heavy atom. The van der Waals surface area contributed by atoms with E-state index in [-0.39, 0.29) is 49.8 Å². The number of ketones is 1. The van der Waals surface area contributed by atoms with Crippen LogP contribution in [0.5, 0.6) is 0 Å². The molecule has 0 heterocycles. The lowest BCUT2D eigenvalue weighted by atomic mass is 10.0. The van der Waals surface area contributed by atoms with Gasteiger partial charge in [-0.1, -0.05) is 64.2 Å². The number of carboxylic acids is 2. The lowest BCUT2D eigenvalue weighted by Gasteiger charge is -2.14. The number of unbranched alkanes of at least 4 members (excludes halogenated alkanes) is 11. The Kier molecular flexibility index (Phi) is 30.5. The molecule has 13 heteroatoms. The maximum Gasteiger partial charge on any atom is 0.326 e. The van der Waals surface area contributed by atoms with Gasteiger partial charge >= 0.3 is 11.9 Å². The molecule has 268 valence electrons. The number of Topliss-reactive ketones (excluding diaryl/α,β-unsaturated/α-hetero) is 1. The van der Waals surface area contributed by atoms with Crippen molar-refractivity contribution in [3.05, 3.63) is 0 Å². The number of hydrogen-bond acceptors (Lipinski definition) is 9. The minimum Gasteiger partial charge on any atom is -0.481 e. The summed E-state index contributed by atoms with van der Waals surface area (Å²) in [5.74, 6) is -2.40. The molecule has 0 fully saturated rings. The summed E-state index contributed by atoms with van der Waals surface area (Å²) in [7, 11) is 0. The lowest BCUT2D eigenvalue weighted by molar-refractivity contribution is -0.142. The second-order valence-electron chi connectivity index (χ2n) is 11.4. The molecule has 2 amide bonds. The Bertz CT molecular complexity index is 810. The molecule has 0 radical (unpaired) electrons. The van der Waals surface area contributed by atoms with Gasteiger partial charge in [0.25, 0.3) is 0 Å². The van der Waals surface area contributed by atoms with Gasteiger partial charge in [-0.3, -0.25) is 19.2 Å². The SMILES string of the molecule is CC(=O)CCOCCOCCOCCOCCNC(=O)CCC(NC(=O)CCCCCCCCCCCCCCC(=O)O)C(=O)O. The molecule has 0 aliphatic heterocycles. The Morgan fingerprint density at radius 1 is 0.522 bits per heavy atom. The minimum atomic E-state index is -1.16. The maximum atomic E-state index is 12.2. The lowest BCUT2D eigenvalue weighted by Crippen LogP contribution is -2.41. The van der Waals surface area contributed by atoms with Crippen molar-refractivity contribution in [3.63, 3.8) is 0 Å². The second kappa shape index (κ2) is 32.3. The summed E-state index contributed by atoms with van der Waals surface area (Å²) in [4.78, 5) is 57.1. The maximum absolute atomic E-state index is 12.2. The Morgan fingerprint density at radius 3 is 1.41 bits per heavy atom. The molecule has 0 aliphatic carbocycles. The molecule has 1 unspecified atom stereocenters. The molecule has 0 spiro atoms. The van der Waals surface area contributed by atoms with Gasteiger partial charge in [-0.15, -0.1) is 0 Å². The molecule has 0 aromatic heterocycles. The highest BCUT2D eigenvalue weighted by molar-refractivity contribution is 5.84. The highest BCUT2D eigenvalue weighted by Gasteiger charge is 2.20. The van der Waals surface area contributed by atoms with Gasteiger partial charge in [0.1, 0.15) is 11.8 Å². The Hall–Kier alpha value is -2.61. The number of ether oxygens (including phenoxy) is 4. The molecule has 0 saturated carbocycles. The van der Waals surface area contributed by atoms with Gasteiger partial charge in [0.2, 0.25) is 11.8 Å². The molecule has 0 saturated heterocycles. The van der Waals surface area contributed by atoms with Crippen LogP contribution in [0, 0.1) is 0 Å². The number of nitrogens with one attached hydrogen (secondary N) is 2. The first-order chi connectivity index (χ1) is 22.2. The standard InChI is InChI=1S/C33H60N2O11/c1-28(36)18-20-43-22-24-45-26-27-46-25-23-44-21-19-34-30(37)17-16-29(33(41)42)35-31(38)14-12-10-8-6-4-2-3-5-7-9-11-13-15-32(39)40/h29H,2-27H2,1H3,(H,34,37)(H,35,38)(H,39,40)(H,41,42). The summed E-state index contributed by atoms with van der Waals surface area (Å²) < 4.78 is 21.4. The second-order valence-corrected chi connectivity index (χ2v) is 11.4. The molecule has 0 aromatic carbocycles. The van der Waals surface area contributed by atoms with Crippen LogP contribution >= 0.6 is 0 Å². The van der Waals surface area contributed by atoms with Crippen LogP contribution in [0.4, 0.5) is 0 Å². The number of carbonyl (C=O) groups excluding carboxylic acids is 3. The zero-order valence-electron chi connectivity index (χ0n) is 28.0. The third kappa shape index (κ3) is 32.8.